The molecule has 0 aliphatic carbocycles. The molecule has 0 bridgehead atoms. The van der Waals surface area contributed by atoms with E-state index in [2.05, 4.69) is 10.0 Å². The average molecular weight is 445 g/mol. The third kappa shape index (κ3) is 13.5. The fourth-order valence-corrected chi connectivity index (χ4v) is 3.06. The van der Waals surface area contributed by atoms with E-state index in [1.807, 2.05) is 6.92 Å². The Labute approximate surface area is 178 Å². The number of nitrogens with zero attached hydrogens (tertiary/aromatic N) is 3. The Morgan fingerprint density at radius 1 is 0.833 bits per heavy atom. The summed E-state index contributed by atoms with van der Waals surface area (Å²) in [7, 11) is -3.45. The first-order chi connectivity index (χ1) is 14.6. The molecule has 0 aromatic heterocycles. The number of hydrogen-bond donors (Lipinski definition) is 0. The van der Waals surface area contributed by atoms with Crippen LogP contribution in [0.3, 0.4) is 0 Å². The SMILES string of the molecule is Cc1ccc(S(=O)(=O)[CH]COCCOCCOCCOCCOCCN=[N+]=[N-])cc1. The fraction of sp³-hybridized carbons (Fsp3) is 0.632. The van der Waals surface area contributed by atoms with Gasteiger partial charge in [0.15, 0.2) is 9.84 Å². The van der Waals surface area contributed by atoms with E-state index in [9.17, 15) is 8.42 Å². The monoisotopic (exact) mass is 444 g/mol. The molecule has 0 unspecified atom stereocenters. The predicted molar refractivity (Wildman–Crippen MR) is 111 cm³/mol. The Balaban J connectivity index is 1.85. The summed E-state index contributed by atoms with van der Waals surface area (Å²) >= 11 is 0. The Bertz CT molecular complexity index is 707. The van der Waals surface area contributed by atoms with Crippen LogP contribution in [0.5, 0.6) is 0 Å². The van der Waals surface area contributed by atoms with E-state index >= 15 is 0 Å². The lowest BCUT2D eigenvalue weighted by Gasteiger charge is -2.08. The van der Waals surface area contributed by atoms with Gasteiger partial charge in [0.1, 0.15) is 5.75 Å². The van der Waals surface area contributed by atoms with Crippen LogP contribution < -0.4 is 0 Å². The highest BCUT2D eigenvalue weighted by Crippen LogP contribution is 2.14. The smallest absolute Gasteiger partial charge is 0.184 e. The van der Waals surface area contributed by atoms with Gasteiger partial charge in [0.25, 0.3) is 0 Å². The molecule has 0 spiro atoms. The highest BCUT2D eigenvalue weighted by Gasteiger charge is 2.14. The molecule has 11 heteroatoms. The normalized spacial score (nSPS) is 11.4. The van der Waals surface area contributed by atoms with Crippen molar-refractivity contribution in [2.45, 2.75) is 11.8 Å². The summed E-state index contributed by atoms with van der Waals surface area (Å²) in [5.74, 6) is 1.16. The van der Waals surface area contributed by atoms with Gasteiger partial charge in [-0.15, -0.1) is 0 Å². The van der Waals surface area contributed by atoms with Gasteiger partial charge in [0, 0.05) is 11.5 Å². The zero-order valence-electron chi connectivity index (χ0n) is 17.3. The van der Waals surface area contributed by atoms with E-state index in [0.29, 0.717) is 66.0 Å². The molecule has 1 radical (unpaired) electrons. The molecule has 0 aliphatic rings. The van der Waals surface area contributed by atoms with Crippen LogP contribution in [0.15, 0.2) is 34.3 Å². The minimum Gasteiger partial charge on any atom is -0.379 e. The lowest BCUT2D eigenvalue weighted by atomic mass is 10.2. The van der Waals surface area contributed by atoms with Crippen LogP contribution in [0.2, 0.25) is 0 Å². The van der Waals surface area contributed by atoms with Crippen molar-refractivity contribution >= 4 is 9.84 Å². The van der Waals surface area contributed by atoms with Crippen LogP contribution >= 0.6 is 0 Å². The van der Waals surface area contributed by atoms with Gasteiger partial charge < -0.3 is 23.7 Å². The molecule has 1 aromatic carbocycles. The zero-order valence-corrected chi connectivity index (χ0v) is 18.1. The quantitative estimate of drug-likeness (QED) is 0.139. The topological polar surface area (TPSA) is 129 Å². The summed E-state index contributed by atoms with van der Waals surface area (Å²) in [4.78, 5) is 2.88. The number of hydrogen-bond acceptors (Lipinski definition) is 8. The fourth-order valence-electron chi connectivity index (χ4n) is 2.07. The van der Waals surface area contributed by atoms with Crippen molar-refractivity contribution in [2.24, 2.45) is 5.11 Å². The van der Waals surface area contributed by atoms with Crippen LogP contribution in [0.25, 0.3) is 10.4 Å². The van der Waals surface area contributed by atoms with E-state index in [4.69, 9.17) is 29.2 Å². The first-order valence-corrected chi connectivity index (χ1v) is 11.2. The first-order valence-electron chi connectivity index (χ1n) is 9.61. The number of sulfone groups is 1. The standard InChI is InChI=1S/C19H30N3O7S/c1-18-2-4-19(5-3-18)30(23,24)17-16-29-15-14-28-13-12-27-11-10-26-9-8-25-7-6-21-22-20/h2-5,17H,6-16H2,1H3. The molecule has 1 rings (SSSR count). The van der Waals surface area contributed by atoms with Crippen molar-refractivity contribution in [1.29, 1.82) is 0 Å². The molecule has 169 valence electrons. The number of azide groups is 1. The van der Waals surface area contributed by atoms with Crippen LogP contribution in [0.1, 0.15) is 5.56 Å². The Kier molecular flexibility index (Phi) is 14.9. The second kappa shape index (κ2) is 17.0. The van der Waals surface area contributed by atoms with E-state index in [-0.39, 0.29) is 11.5 Å². The molecular weight excluding hydrogens is 414 g/mol. The molecule has 0 fully saturated rings. The minimum atomic E-state index is -3.45. The number of ether oxygens (including phenoxy) is 5. The van der Waals surface area contributed by atoms with Gasteiger partial charge in [-0.05, 0) is 24.6 Å². The van der Waals surface area contributed by atoms with E-state index in [0.717, 1.165) is 11.3 Å². The second-order valence-electron chi connectivity index (χ2n) is 6.00. The Hall–Kier alpha value is -1.72. The summed E-state index contributed by atoms with van der Waals surface area (Å²) in [5.41, 5.74) is 9.09. The molecule has 0 amide bonds. The third-order valence-corrected chi connectivity index (χ3v) is 5.15. The summed E-state index contributed by atoms with van der Waals surface area (Å²) in [6, 6.07) is 6.68. The van der Waals surface area contributed by atoms with Gasteiger partial charge in [0.2, 0.25) is 0 Å². The maximum absolute atomic E-state index is 12.1. The highest BCUT2D eigenvalue weighted by atomic mass is 32.2. The predicted octanol–water partition coefficient (Wildman–Crippen LogP) is 2.32. The lowest BCUT2D eigenvalue weighted by molar-refractivity contribution is -0.00903. The van der Waals surface area contributed by atoms with Crippen LogP contribution in [-0.2, 0) is 33.5 Å². The third-order valence-electron chi connectivity index (χ3n) is 3.64. The maximum Gasteiger partial charge on any atom is 0.184 e. The molecule has 0 heterocycles. The minimum absolute atomic E-state index is 0.00264. The van der Waals surface area contributed by atoms with Gasteiger partial charge in [-0.1, -0.05) is 22.8 Å². The van der Waals surface area contributed by atoms with Gasteiger partial charge in [0.05, 0.1) is 71.0 Å². The summed E-state index contributed by atoms with van der Waals surface area (Å²) < 4.78 is 50.7. The molecule has 30 heavy (non-hydrogen) atoms. The van der Waals surface area contributed by atoms with Crippen molar-refractivity contribution in [3.05, 3.63) is 46.0 Å². The Morgan fingerprint density at radius 2 is 1.30 bits per heavy atom. The number of benzene rings is 1. The zero-order chi connectivity index (χ0) is 21.9. The van der Waals surface area contributed by atoms with Crippen LogP contribution in [-0.4, -0.2) is 81.0 Å². The highest BCUT2D eigenvalue weighted by molar-refractivity contribution is 7.93. The van der Waals surface area contributed by atoms with Gasteiger partial charge in [-0.3, -0.25) is 0 Å². The average Bonchev–Trinajstić information content (AvgIpc) is 2.73. The van der Waals surface area contributed by atoms with Gasteiger partial charge >= 0.3 is 0 Å². The molecule has 10 nitrogen and oxygen atoms in total. The Morgan fingerprint density at radius 3 is 1.80 bits per heavy atom. The van der Waals surface area contributed by atoms with E-state index < -0.39 is 9.84 Å². The van der Waals surface area contributed by atoms with E-state index in [1.54, 1.807) is 24.3 Å². The molecule has 0 atom stereocenters. The van der Waals surface area contributed by atoms with E-state index in [1.165, 1.54) is 0 Å². The second-order valence-corrected chi connectivity index (χ2v) is 7.90. The van der Waals surface area contributed by atoms with Crippen molar-refractivity contribution in [3.63, 3.8) is 0 Å². The first kappa shape index (κ1) is 26.3. The molecule has 0 N–H and O–H groups in total. The molecular formula is C19H30N3O7S. The van der Waals surface area contributed by atoms with Gasteiger partial charge in [-0.2, -0.15) is 0 Å². The molecule has 0 aliphatic heterocycles. The summed E-state index contributed by atoms with van der Waals surface area (Å²) in [6.07, 6.45) is 0. The van der Waals surface area contributed by atoms with Crippen molar-refractivity contribution in [2.75, 3.05) is 72.6 Å². The molecule has 1 aromatic rings. The number of aryl methyl sites for hydroxylation is 1. The van der Waals surface area contributed by atoms with Crippen LogP contribution in [0.4, 0.5) is 0 Å². The number of rotatable bonds is 19. The summed E-state index contributed by atoms with van der Waals surface area (Å²) in [5, 5.41) is 3.35. The molecule has 0 saturated carbocycles. The van der Waals surface area contributed by atoms with Gasteiger partial charge in [-0.25, -0.2) is 8.42 Å². The largest absolute Gasteiger partial charge is 0.379 e. The van der Waals surface area contributed by atoms with Crippen LogP contribution in [0, 0.1) is 12.7 Å². The van der Waals surface area contributed by atoms with Crippen molar-refractivity contribution in [1.82, 2.24) is 0 Å². The van der Waals surface area contributed by atoms with Crippen molar-refractivity contribution < 1.29 is 32.1 Å². The van der Waals surface area contributed by atoms with Crippen molar-refractivity contribution in [3.8, 4) is 0 Å². The maximum atomic E-state index is 12.1. The molecule has 0 saturated heterocycles. The lowest BCUT2D eigenvalue weighted by Crippen LogP contribution is -2.14. The summed E-state index contributed by atoms with van der Waals surface area (Å²) in [6.45, 7) is 5.88.